The second-order valence-electron chi connectivity index (χ2n) is 2.39. The second kappa shape index (κ2) is 1.22. The van der Waals surface area contributed by atoms with Gasteiger partial charge in [-0.2, -0.15) is 0 Å². The molecule has 0 aromatic heterocycles. The molecular weight excluding hydrogens is 100 g/mol. The van der Waals surface area contributed by atoms with Gasteiger partial charge < -0.3 is 0 Å². The Hall–Kier alpha value is -0.590. The molecule has 2 aliphatic rings. The molecular formula is C7H7O. The van der Waals surface area contributed by atoms with Gasteiger partial charge in [0, 0.05) is 5.92 Å². The molecule has 0 N–H and O–H groups in total. The van der Waals surface area contributed by atoms with Crippen molar-refractivity contribution in [2.24, 2.45) is 5.92 Å². The summed E-state index contributed by atoms with van der Waals surface area (Å²) in [4.78, 5) is 10.9. The van der Waals surface area contributed by atoms with Crippen LogP contribution in [0.15, 0.2) is 12.2 Å². The van der Waals surface area contributed by atoms with Crippen molar-refractivity contribution in [3.63, 3.8) is 0 Å². The minimum atomic E-state index is 0.282. The van der Waals surface area contributed by atoms with Gasteiger partial charge in [0.2, 0.25) is 0 Å². The zero-order valence-corrected chi connectivity index (χ0v) is 4.55. The van der Waals surface area contributed by atoms with Gasteiger partial charge in [-0.1, -0.05) is 12.2 Å². The van der Waals surface area contributed by atoms with Crippen LogP contribution in [0.5, 0.6) is 0 Å². The molecule has 0 aliphatic heterocycles. The van der Waals surface area contributed by atoms with Crippen molar-refractivity contribution in [1.82, 2.24) is 0 Å². The summed E-state index contributed by atoms with van der Waals surface area (Å²) in [5, 5.41) is 0. The number of Topliss-reactive ketones (excluding diaryl/α,β-unsaturated/α-hetero) is 1. The number of hydrogen-bond donors (Lipinski definition) is 0. The highest BCUT2D eigenvalue weighted by atomic mass is 16.1. The smallest absolute Gasteiger partial charge is 0.150 e. The van der Waals surface area contributed by atoms with Crippen LogP contribution in [0.4, 0.5) is 0 Å². The van der Waals surface area contributed by atoms with E-state index in [0.717, 1.165) is 18.8 Å². The number of rotatable bonds is 0. The lowest BCUT2D eigenvalue weighted by Crippen LogP contribution is -2.00. The Kier molecular flexibility index (Phi) is 0.655. The Bertz CT molecular complexity index is 142. The molecule has 1 heteroatoms. The van der Waals surface area contributed by atoms with Crippen LogP contribution in [0.1, 0.15) is 12.8 Å². The molecule has 0 saturated heterocycles. The maximum atomic E-state index is 10.9. The molecule has 0 heterocycles. The molecule has 2 bridgehead atoms. The first-order chi connectivity index (χ1) is 3.88. The maximum Gasteiger partial charge on any atom is 0.150 e. The average molecular weight is 107 g/mol. The monoisotopic (exact) mass is 107 g/mol. The molecule has 2 rings (SSSR count). The molecule has 1 radical (unpaired) electrons. The van der Waals surface area contributed by atoms with Gasteiger partial charge in [0.1, 0.15) is 0 Å². The summed E-state index contributed by atoms with van der Waals surface area (Å²) in [6.07, 6.45) is 6.09. The summed E-state index contributed by atoms with van der Waals surface area (Å²) in [6, 6.07) is 0. The van der Waals surface area contributed by atoms with Crippen molar-refractivity contribution in [1.29, 1.82) is 0 Å². The van der Waals surface area contributed by atoms with Gasteiger partial charge in [-0.15, -0.1) is 0 Å². The molecule has 1 nitrogen and oxygen atoms in total. The van der Waals surface area contributed by atoms with Gasteiger partial charge in [0.05, 0.1) is 5.92 Å². The predicted molar refractivity (Wildman–Crippen MR) is 30.1 cm³/mol. The van der Waals surface area contributed by atoms with Crippen LogP contribution < -0.4 is 0 Å². The van der Waals surface area contributed by atoms with E-state index < -0.39 is 0 Å². The van der Waals surface area contributed by atoms with Crippen LogP contribution in [0.2, 0.25) is 0 Å². The molecule has 0 aromatic rings. The van der Waals surface area contributed by atoms with E-state index in [1.165, 1.54) is 0 Å². The highest BCUT2D eigenvalue weighted by molar-refractivity contribution is 6.02. The van der Waals surface area contributed by atoms with Gasteiger partial charge in [-0.25, -0.2) is 0 Å². The molecule has 1 atom stereocenters. The summed E-state index contributed by atoms with van der Waals surface area (Å²) in [5.41, 5.74) is 0. The van der Waals surface area contributed by atoms with Gasteiger partial charge in [-0.05, 0) is 12.8 Å². The number of ketones is 1. The lowest BCUT2D eigenvalue weighted by atomic mass is 10.1. The van der Waals surface area contributed by atoms with Crippen LogP contribution in [-0.4, -0.2) is 5.78 Å². The van der Waals surface area contributed by atoms with Gasteiger partial charge in [0.15, 0.2) is 5.78 Å². The van der Waals surface area contributed by atoms with Crippen molar-refractivity contribution < 1.29 is 4.79 Å². The fraction of sp³-hybridized carbons (Fsp3) is 0.429. The fourth-order valence-corrected chi connectivity index (χ4v) is 1.38. The number of fused-ring (bicyclic) bond motifs is 2. The summed E-state index contributed by atoms with van der Waals surface area (Å²) in [5.74, 6) is 1.71. The fourth-order valence-electron chi connectivity index (χ4n) is 1.38. The first-order valence-corrected chi connectivity index (χ1v) is 2.96. The van der Waals surface area contributed by atoms with E-state index in [4.69, 9.17) is 0 Å². The summed E-state index contributed by atoms with van der Waals surface area (Å²) in [7, 11) is 0. The van der Waals surface area contributed by atoms with Crippen LogP contribution in [-0.2, 0) is 4.79 Å². The van der Waals surface area contributed by atoms with E-state index in [-0.39, 0.29) is 5.92 Å². The lowest BCUT2D eigenvalue weighted by molar-refractivity contribution is -0.117. The van der Waals surface area contributed by atoms with E-state index in [1.807, 2.05) is 12.2 Å². The number of allylic oxidation sites excluding steroid dienone is 2. The minimum absolute atomic E-state index is 0.282. The largest absolute Gasteiger partial charge is 0.298 e. The van der Waals surface area contributed by atoms with E-state index in [0.29, 0.717) is 5.78 Å². The van der Waals surface area contributed by atoms with Crippen molar-refractivity contribution in [2.45, 2.75) is 12.8 Å². The molecule has 8 heavy (non-hydrogen) atoms. The minimum Gasteiger partial charge on any atom is -0.298 e. The molecule has 41 valence electrons. The standard InChI is InChI=1S/C7H7O/c8-7-5-1-2-6(7)4-3-5/h1-2,5H,3-4H2. The summed E-state index contributed by atoms with van der Waals surface area (Å²) >= 11 is 0. The topological polar surface area (TPSA) is 17.1 Å². The van der Waals surface area contributed by atoms with Crippen molar-refractivity contribution >= 4 is 5.78 Å². The first kappa shape index (κ1) is 4.30. The molecule has 0 aromatic carbocycles. The quantitative estimate of drug-likeness (QED) is 0.453. The Morgan fingerprint density at radius 3 is 2.62 bits per heavy atom. The third-order valence-electron chi connectivity index (χ3n) is 1.91. The highest BCUT2D eigenvalue weighted by Crippen LogP contribution is 2.36. The Labute approximate surface area is 48.4 Å². The van der Waals surface area contributed by atoms with Crippen LogP contribution in [0.25, 0.3) is 0 Å². The van der Waals surface area contributed by atoms with E-state index in [1.54, 1.807) is 0 Å². The molecule has 0 amide bonds. The number of hydrogen-bond acceptors (Lipinski definition) is 1. The number of carbonyl (C=O) groups excluding carboxylic acids is 1. The van der Waals surface area contributed by atoms with Crippen LogP contribution in [0.3, 0.4) is 0 Å². The average Bonchev–Trinajstić information content (AvgIpc) is 2.29. The van der Waals surface area contributed by atoms with Gasteiger partial charge >= 0.3 is 0 Å². The Balaban J connectivity index is 2.39. The third-order valence-corrected chi connectivity index (χ3v) is 1.91. The lowest BCUT2D eigenvalue weighted by Gasteiger charge is -1.93. The molecule has 1 unspecified atom stereocenters. The van der Waals surface area contributed by atoms with Crippen LogP contribution >= 0.6 is 0 Å². The SMILES string of the molecule is O=C1[C]2C=CC1CC2. The molecule has 2 aliphatic carbocycles. The summed E-state index contributed by atoms with van der Waals surface area (Å²) < 4.78 is 0. The van der Waals surface area contributed by atoms with Crippen molar-refractivity contribution in [3.05, 3.63) is 18.1 Å². The van der Waals surface area contributed by atoms with Gasteiger partial charge in [-0.3, -0.25) is 4.79 Å². The Morgan fingerprint density at radius 2 is 2.50 bits per heavy atom. The highest BCUT2D eigenvalue weighted by Gasteiger charge is 2.35. The first-order valence-electron chi connectivity index (χ1n) is 2.96. The Morgan fingerprint density at radius 1 is 1.62 bits per heavy atom. The van der Waals surface area contributed by atoms with Gasteiger partial charge in [0.25, 0.3) is 0 Å². The van der Waals surface area contributed by atoms with Crippen molar-refractivity contribution in [2.75, 3.05) is 0 Å². The number of carbonyl (C=O) groups is 1. The van der Waals surface area contributed by atoms with Crippen molar-refractivity contribution in [3.8, 4) is 0 Å². The zero-order chi connectivity index (χ0) is 5.56. The summed E-state index contributed by atoms with van der Waals surface area (Å²) in [6.45, 7) is 0. The predicted octanol–water partition coefficient (Wildman–Crippen LogP) is 1.11. The van der Waals surface area contributed by atoms with Crippen LogP contribution in [0, 0.1) is 11.8 Å². The molecule has 0 spiro atoms. The van der Waals surface area contributed by atoms with E-state index in [2.05, 4.69) is 0 Å². The van der Waals surface area contributed by atoms with E-state index >= 15 is 0 Å². The normalized spacial score (nSPS) is 35.0. The van der Waals surface area contributed by atoms with E-state index in [9.17, 15) is 4.79 Å². The molecule has 1 saturated carbocycles. The zero-order valence-electron chi connectivity index (χ0n) is 4.55. The third kappa shape index (κ3) is 0.347. The maximum absolute atomic E-state index is 10.9. The second-order valence-corrected chi connectivity index (χ2v) is 2.39. The molecule has 1 fully saturated rings.